The van der Waals surface area contributed by atoms with E-state index in [0.29, 0.717) is 19.1 Å². The van der Waals surface area contributed by atoms with Gasteiger partial charge >= 0.3 is 0 Å². The summed E-state index contributed by atoms with van der Waals surface area (Å²) in [7, 11) is 0. The number of hydrogen-bond donors (Lipinski definition) is 1. The monoisotopic (exact) mass is 320 g/mol. The predicted molar refractivity (Wildman–Crippen MR) is 84.6 cm³/mol. The first kappa shape index (κ1) is 18.7. The van der Waals surface area contributed by atoms with E-state index in [1.54, 1.807) is 0 Å². The van der Waals surface area contributed by atoms with Crippen molar-refractivity contribution in [3.05, 3.63) is 0 Å². The molecule has 5 nitrogen and oxygen atoms in total. The fourth-order valence-electron chi connectivity index (χ4n) is 3.12. The number of ether oxygens (including phenoxy) is 2. The van der Waals surface area contributed by atoms with Gasteiger partial charge in [-0.2, -0.15) is 0 Å². The molecule has 0 aliphatic carbocycles. The molecule has 21 heavy (non-hydrogen) atoms. The second-order valence-corrected chi connectivity index (χ2v) is 6.14. The Bertz CT molecular complexity index is 324. The maximum absolute atomic E-state index is 12.4. The molecular formula is C15H29ClN2O3. The molecule has 2 fully saturated rings. The second-order valence-electron chi connectivity index (χ2n) is 6.14. The highest BCUT2D eigenvalue weighted by Gasteiger charge is 2.34. The summed E-state index contributed by atoms with van der Waals surface area (Å²) in [6, 6.07) is 0.271. The van der Waals surface area contributed by atoms with Gasteiger partial charge in [0.05, 0.1) is 12.7 Å². The van der Waals surface area contributed by atoms with Gasteiger partial charge in [0, 0.05) is 19.2 Å². The van der Waals surface area contributed by atoms with E-state index in [0.717, 1.165) is 32.4 Å². The van der Waals surface area contributed by atoms with E-state index in [1.165, 1.54) is 6.42 Å². The minimum absolute atomic E-state index is 0. The molecule has 4 atom stereocenters. The molecule has 2 aliphatic heterocycles. The number of nitrogens with zero attached hydrogens (tertiary/aromatic N) is 1. The summed E-state index contributed by atoms with van der Waals surface area (Å²) in [6.45, 7) is 6.69. The average Bonchev–Trinajstić information content (AvgIpc) is 2.86. The van der Waals surface area contributed by atoms with Crippen LogP contribution in [0.15, 0.2) is 0 Å². The highest BCUT2D eigenvalue weighted by Crippen LogP contribution is 2.23. The van der Waals surface area contributed by atoms with Crippen molar-refractivity contribution in [3.8, 4) is 0 Å². The zero-order chi connectivity index (χ0) is 14.5. The normalized spacial score (nSPS) is 30.8. The van der Waals surface area contributed by atoms with Gasteiger partial charge in [-0.05, 0) is 52.0 Å². The van der Waals surface area contributed by atoms with Crippen LogP contribution in [0.3, 0.4) is 0 Å². The molecule has 6 heteroatoms. The van der Waals surface area contributed by atoms with Gasteiger partial charge in [0.15, 0.2) is 0 Å². The van der Waals surface area contributed by atoms with Crippen molar-refractivity contribution in [2.24, 2.45) is 11.7 Å². The Labute approximate surface area is 133 Å². The number of nitrogens with two attached hydrogens (primary N) is 1. The lowest BCUT2D eigenvalue weighted by Crippen LogP contribution is -2.42. The predicted octanol–water partition coefficient (Wildman–Crippen LogP) is 1.58. The summed E-state index contributed by atoms with van der Waals surface area (Å²) in [5.74, 6) is 0.520. The molecule has 0 spiro atoms. The molecule has 0 radical (unpaired) electrons. The SMILES string of the molecule is CC(OCC1CCCCO1)C(=O)N1CC(CN)CC1C.Cl. The third-order valence-corrected chi connectivity index (χ3v) is 4.43. The van der Waals surface area contributed by atoms with E-state index in [-0.39, 0.29) is 36.6 Å². The van der Waals surface area contributed by atoms with E-state index in [2.05, 4.69) is 6.92 Å². The minimum Gasteiger partial charge on any atom is -0.376 e. The van der Waals surface area contributed by atoms with Crippen LogP contribution in [0.2, 0.25) is 0 Å². The number of carbonyl (C=O) groups is 1. The lowest BCUT2D eigenvalue weighted by atomic mass is 10.1. The maximum atomic E-state index is 12.4. The summed E-state index contributed by atoms with van der Waals surface area (Å²) >= 11 is 0. The minimum atomic E-state index is -0.389. The van der Waals surface area contributed by atoms with Crippen molar-refractivity contribution in [2.45, 2.75) is 57.8 Å². The Morgan fingerprint density at radius 2 is 2.24 bits per heavy atom. The molecule has 1 amide bonds. The zero-order valence-electron chi connectivity index (χ0n) is 13.1. The lowest BCUT2D eigenvalue weighted by molar-refractivity contribution is -0.146. The van der Waals surface area contributed by atoms with Gasteiger partial charge in [0.25, 0.3) is 5.91 Å². The quantitative estimate of drug-likeness (QED) is 0.835. The van der Waals surface area contributed by atoms with Crippen LogP contribution in [0.4, 0.5) is 0 Å². The molecule has 2 N–H and O–H groups in total. The first-order chi connectivity index (χ1) is 9.61. The summed E-state index contributed by atoms with van der Waals surface area (Å²) < 4.78 is 11.3. The largest absolute Gasteiger partial charge is 0.376 e. The summed E-state index contributed by atoms with van der Waals surface area (Å²) in [5, 5.41) is 0. The third-order valence-electron chi connectivity index (χ3n) is 4.43. The Balaban J connectivity index is 0.00000220. The summed E-state index contributed by atoms with van der Waals surface area (Å²) in [5.41, 5.74) is 5.70. The van der Waals surface area contributed by atoms with Gasteiger partial charge in [0.2, 0.25) is 0 Å². The van der Waals surface area contributed by atoms with Gasteiger partial charge in [-0.3, -0.25) is 4.79 Å². The van der Waals surface area contributed by atoms with Gasteiger partial charge in [-0.1, -0.05) is 0 Å². The fraction of sp³-hybridized carbons (Fsp3) is 0.933. The molecule has 0 aromatic heterocycles. The molecule has 2 heterocycles. The summed E-state index contributed by atoms with van der Waals surface area (Å²) in [6.07, 6.45) is 4.14. The van der Waals surface area contributed by atoms with Gasteiger partial charge < -0.3 is 20.1 Å². The van der Waals surface area contributed by atoms with Gasteiger partial charge in [-0.25, -0.2) is 0 Å². The molecule has 0 aromatic carbocycles. The van der Waals surface area contributed by atoms with Crippen LogP contribution in [-0.4, -0.2) is 55.4 Å². The fourth-order valence-corrected chi connectivity index (χ4v) is 3.12. The second kappa shape index (κ2) is 8.93. The Hall–Kier alpha value is -0.360. The molecular weight excluding hydrogens is 292 g/mol. The standard InChI is InChI=1S/C15H28N2O3.ClH/c1-11-7-13(8-16)9-17(11)15(18)12(2)20-10-14-5-3-4-6-19-14;/h11-14H,3-10,16H2,1-2H3;1H. The van der Waals surface area contributed by atoms with Crippen LogP contribution in [0, 0.1) is 5.92 Å². The lowest BCUT2D eigenvalue weighted by Gasteiger charge is -2.27. The van der Waals surface area contributed by atoms with E-state index >= 15 is 0 Å². The van der Waals surface area contributed by atoms with E-state index in [9.17, 15) is 4.79 Å². The smallest absolute Gasteiger partial charge is 0.251 e. The van der Waals surface area contributed by atoms with Crippen molar-refractivity contribution in [2.75, 3.05) is 26.3 Å². The first-order valence-electron chi connectivity index (χ1n) is 7.85. The van der Waals surface area contributed by atoms with Crippen LogP contribution in [-0.2, 0) is 14.3 Å². The van der Waals surface area contributed by atoms with Crippen molar-refractivity contribution in [1.29, 1.82) is 0 Å². The number of likely N-dealkylation sites (tertiary alicyclic amines) is 1. The Kier molecular flexibility index (Phi) is 7.95. The number of carbonyl (C=O) groups excluding carboxylic acids is 1. The van der Waals surface area contributed by atoms with E-state index in [4.69, 9.17) is 15.2 Å². The van der Waals surface area contributed by atoms with Crippen LogP contribution in [0.1, 0.15) is 39.5 Å². The van der Waals surface area contributed by atoms with Crippen LogP contribution in [0.5, 0.6) is 0 Å². The topological polar surface area (TPSA) is 64.8 Å². The van der Waals surface area contributed by atoms with E-state index < -0.39 is 0 Å². The Morgan fingerprint density at radius 1 is 1.48 bits per heavy atom. The number of hydrogen-bond acceptors (Lipinski definition) is 4. The molecule has 2 saturated heterocycles. The molecule has 124 valence electrons. The highest BCUT2D eigenvalue weighted by atomic mass is 35.5. The highest BCUT2D eigenvalue weighted by molar-refractivity contribution is 5.85. The van der Waals surface area contributed by atoms with Crippen molar-refractivity contribution in [1.82, 2.24) is 4.90 Å². The molecule has 2 rings (SSSR count). The van der Waals surface area contributed by atoms with Crippen LogP contribution >= 0.6 is 12.4 Å². The molecule has 0 aromatic rings. The van der Waals surface area contributed by atoms with Crippen molar-refractivity contribution in [3.63, 3.8) is 0 Å². The zero-order valence-corrected chi connectivity index (χ0v) is 13.9. The molecule has 0 bridgehead atoms. The number of amides is 1. The number of rotatable bonds is 5. The molecule has 2 aliphatic rings. The van der Waals surface area contributed by atoms with Crippen molar-refractivity contribution < 1.29 is 14.3 Å². The third kappa shape index (κ3) is 5.09. The van der Waals surface area contributed by atoms with Crippen LogP contribution < -0.4 is 5.73 Å². The summed E-state index contributed by atoms with van der Waals surface area (Å²) in [4.78, 5) is 14.3. The molecule has 0 saturated carbocycles. The molecule has 4 unspecified atom stereocenters. The number of halogens is 1. The first-order valence-corrected chi connectivity index (χ1v) is 7.85. The maximum Gasteiger partial charge on any atom is 0.251 e. The van der Waals surface area contributed by atoms with Gasteiger partial charge in [0.1, 0.15) is 6.10 Å². The van der Waals surface area contributed by atoms with E-state index in [1.807, 2.05) is 11.8 Å². The van der Waals surface area contributed by atoms with Crippen molar-refractivity contribution >= 4 is 18.3 Å². The Morgan fingerprint density at radius 3 is 2.81 bits per heavy atom. The average molecular weight is 321 g/mol. The van der Waals surface area contributed by atoms with Crippen LogP contribution in [0.25, 0.3) is 0 Å². The van der Waals surface area contributed by atoms with Gasteiger partial charge in [-0.15, -0.1) is 12.4 Å².